The van der Waals surface area contributed by atoms with Crippen molar-refractivity contribution in [2.75, 3.05) is 41.8 Å². The fraction of sp³-hybridized carbons (Fsp3) is 0.154. The van der Waals surface area contributed by atoms with E-state index in [1.165, 1.54) is 24.3 Å². The van der Waals surface area contributed by atoms with Gasteiger partial charge >= 0.3 is 6.03 Å². The predicted molar refractivity (Wildman–Crippen MR) is 136 cm³/mol. The molecule has 5 rings (SSSR count). The van der Waals surface area contributed by atoms with Gasteiger partial charge in [-0.3, -0.25) is 9.78 Å². The van der Waals surface area contributed by atoms with E-state index in [0.29, 0.717) is 48.7 Å². The summed E-state index contributed by atoms with van der Waals surface area (Å²) in [4.78, 5) is 36.6. The Morgan fingerprint density at radius 1 is 0.861 bits per heavy atom. The molecule has 0 spiro atoms. The number of halogens is 2. The summed E-state index contributed by atoms with van der Waals surface area (Å²) >= 11 is 0. The summed E-state index contributed by atoms with van der Waals surface area (Å²) in [6, 6.07) is 13.1. The Morgan fingerprint density at radius 2 is 1.64 bits per heavy atom. The highest BCUT2D eigenvalue weighted by Gasteiger charge is 2.16. The number of carbonyl (C=O) groups excluding carboxylic acids is 2. The Balaban J connectivity index is 0.00000200. The van der Waals surface area contributed by atoms with E-state index in [1.807, 2.05) is 0 Å². The molecule has 0 aliphatic carbocycles. The number of morpholine rings is 1. The van der Waals surface area contributed by atoms with E-state index in [2.05, 4.69) is 25.5 Å². The number of hydrogen-bond donors (Lipinski definition) is 2. The third-order valence-corrected chi connectivity index (χ3v) is 5.63. The number of fused-ring (bicyclic) bond motifs is 1. The van der Waals surface area contributed by atoms with Crippen LogP contribution in [0.5, 0.6) is 0 Å². The number of hydrogen-bond acceptors (Lipinski definition) is 6. The quantitative estimate of drug-likeness (QED) is 0.375. The van der Waals surface area contributed by atoms with Crippen LogP contribution in [0.25, 0.3) is 11.0 Å². The molecule has 2 heterocycles. The SMILES string of the molecule is O=C(Nc1cccc(F)c1)Nc1cc(F)cc(C(=O)c2ccc3ncc(N4CCOCC4)nc3c2)c1.[HH].[HH]. The molecule has 1 aromatic heterocycles. The third kappa shape index (κ3) is 5.28. The normalized spacial score (nSPS) is 13.4. The number of urea groups is 1. The first-order chi connectivity index (χ1) is 17.4. The highest BCUT2D eigenvalue weighted by atomic mass is 19.1. The van der Waals surface area contributed by atoms with E-state index in [1.54, 1.807) is 24.4 Å². The Morgan fingerprint density at radius 3 is 2.44 bits per heavy atom. The third-order valence-electron chi connectivity index (χ3n) is 5.63. The van der Waals surface area contributed by atoms with Crippen molar-refractivity contribution in [3.05, 3.63) is 89.6 Å². The molecule has 0 saturated carbocycles. The summed E-state index contributed by atoms with van der Waals surface area (Å²) in [7, 11) is 0. The van der Waals surface area contributed by atoms with E-state index in [0.717, 1.165) is 18.2 Å². The van der Waals surface area contributed by atoms with Crippen LogP contribution >= 0.6 is 0 Å². The standard InChI is InChI=1S/C26H21F2N5O3.2H2/c27-18-2-1-3-20(13-18)30-26(35)31-21-11-17(10-19(28)14-21)25(34)16-4-5-22-23(12-16)32-24(15-29-22)33-6-8-36-9-7-33;;/h1-5,10-15H,6-9H2,(H2,30,31,35);2*1H. The predicted octanol–water partition coefficient (Wildman–Crippen LogP) is 5.11. The number of nitrogens with zero attached hydrogens (tertiary/aromatic N) is 3. The van der Waals surface area contributed by atoms with Crippen molar-refractivity contribution in [1.29, 1.82) is 0 Å². The molecule has 0 atom stereocenters. The van der Waals surface area contributed by atoms with E-state index >= 15 is 0 Å². The zero-order valence-electron chi connectivity index (χ0n) is 19.0. The largest absolute Gasteiger partial charge is 0.378 e. The molecule has 0 bridgehead atoms. The van der Waals surface area contributed by atoms with Crippen LogP contribution in [-0.4, -0.2) is 48.1 Å². The zero-order valence-corrected chi connectivity index (χ0v) is 19.0. The van der Waals surface area contributed by atoms with Gasteiger partial charge in [-0.25, -0.2) is 18.6 Å². The summed E-state index contributed by atoms with van der Waals surface area (Å²) in [6.45, 7) is 2.61. The topological polar surface area (TPSA) is 96.5 Å². The second-order valence-electron chi connectivity index (χ2n) is 8.18. The molecular formula is C26H25F2N5O3. The average Bonchev–Trinajstić information content (AvgIpc) is 2.87. The van der Waals surface area contributed by atoms with E-state index < -0.39 is 23.4 Å². The van der Waals surface area contributed by atoms with Gasteiger partial charge in [0.1, 0.15) is 17.5 Å². The van der Waals surface area contributed by atoms with Crippen molar-refractivity contribution in [3.8, 4) is 0 Å². The molecule has 0 unspecified atom stereocenters. The summed E-state index contributed by atoms with van der Waals surface area (Å²) in [5.41, 5.74) is 1.81. The maximum absolute atomic E-state index is 14.3. The lowest BCUT2D eigenvalue weighted by molar-refractivity contribution is 0.103. The van der Waals surface area contributed by atoms with Crippen molar-refractivity contribution in [2.45, 2.75) is 0 Å². The molecule has 1 aliphatic rings. The molecule has 36 heavy (non-hydrogen) atoms. The first kappa shape index (κ1) is 23.3. The molecular weight excluding hydrogens is 468 g/mol. The molecule has 4 aromatic rings. The second-order valence-corrected chi connectivity index (χ2v) is 8.18. The van der Waals surface area contributed by atoms with Crippen LogP contribution in [0.4, 0.5) is 30.8 Å². The molecule has 1 aliphatic heterocycles. The van der Waals surface area contributed by atoms with Crippen LogP contribution in [0.15, 0.2) is 66.9 Å². The van der Waals surface area contributed by atoms with Gasteiger partial charge in [-0.1, -0.05) is 6.07 Å². The lowest BCUT2D eigenvalue weighted by Gasteiger charge is -2.27. The molecule has 186 valence electrons. The van der Waals surface area contributed by atoms with E-state index in [-0.39, 0.29) is 19.8 Å². The highest BCUT2D eigenvalue weighted by molar-refractivity contribution is 6.11. The van der Waals surface area contributed by atoms with Gasteiger partial charge in [-0.2, -0.15) is 0 Å². The van der Waals surface area contributed by atoms with Crippen LogP contribution in [0.3, 0.4) is 0 Å². The summed E-state index contributed by atoms with van der Waals surface area (Å²) in [5.74, 6) is -0.957. The number of benzene rings is 3. The van der Waals surface area contributed by atoms with Crippen molar-refractivity contribution >= 4 is 40.0 Å². The van der Waals surface area contributed by atoms with Gasteiger partial charge in [-0.05, 0) is 54.6 Å². The number of anilines is 3. The zero-order chi connectivity index (χ0) is 25.1. The Labute approximate surface area is 207 Å². The molecule has 2 amide bonds. The number of amides is 2. The van der Waals surface area contributed by atoms with E-state index in [9.17, 15) is 18.4 Å². The number of ketones is 1. The van der Waals surface area contributed by atoms with E-state index in [4.69, 9.17) is 4.74 Å². The Bertz CT molecular complexity index is 1470. The summed E-state index contributed by atoms with van der Waals surface area (Å²) in [5, 5.41) is 4.93. The van der Waals surface area contributed by atoms with Crippen LogP contribution in [0.2, 0.25) is 0 Å². The van der Waals surface area contributed by atoms with Gasteiger partial charge in [0.05, 0.1) is 30.4 Å². The van der Waals surface area contributed by atoms with Crippen LogP contribution < -0.4 is 15.5 Å². The summed E-state index contributed by atoms with van der Waals surface area (Å²) < 4.78 is 33.0. The summed E-state index contributed by atoms with van der Waals surface area (Å²) in [6.07, 6.45) is 1.69. The van der Waals surface area contributed by atoms with Gasteiger partial charge < -0.3 is 20.3 Å². The van der Waals surface area contributed by atoms with Gasteiger partial charge in [0.25, 0.3) is 0 Å². The first-order valence-corrected chi connectivity index (χ1v) is 11.2. The molecule has 2 N–H and O–H groups in total. The molecule has 8 nitrogen and oxygen atoms in total. The fourth-order valence-electron chi connectivity index (χ4n) is 3.91. The molecule has 0 radical (unpaired) electrons. The van der Waals surface area contributed by atoms with Gasteiger partial charge in [0.15, 0.2) is 5.78 Å². The van der Waals surface area contributed by atoms with Crippen LogP contribution in [0, 0.1) is 11.6 Å². The minimum Gasteiger partial charge on any atom is -0.378 e. The Kier molecular flexibility index (Phi) is 6.50. The number of rotatable bonds is 5. The maximum atomic E-state index is 14.3. The lowest BCUT2D eigenvalue weighted by Crippen LogP contribution is -2.36. The highest BCUT2D eigenvalue weighted by Crippen LogP contribution is 2.22. The molecule has 3 aromatic carbocycles. The van der Waals surface area contributed by atoms with Gasteiger partial charge in [0.2, 0.25) is 0 Å². The fourth-order valence-corrected chi connectivity index (χ4v) is 3.91. The first-order valence-electron chi connectivity index (χ1n) is 11.2. The number of aromatic nitrogens is 2. The lowest BCUT2D eigenvalue weighted by atomic mass is 10.0. The minimum atomic E-state index is -0.707. The van der Waals surface area contributed by atoms with Gasteiger partial charge in [0, 0.05) is 38.4 Å². The van der Waals surface area contributed by atoms with Crippen molar-refractivity contribution in [2.24, 2.45) is 0 Å². The van der Waals surface area contributed by atoms with Gasteiger partial charge in [-0.15, -0.1) is 0 Å². The molecule has 1 fully saturated rings. The number of nitrogens with one attached hydrogen (secondary N) is 2. The minimum absolute atomic E-state index is 0. The molecule has 10 heteroatoms. The Hall–Kier alpha value is -4.44. The number of carbonyl (C=O) groups is 2. The van der Waals surface area contributed by atoms with Crippen molar-refractivity contribution < 1.29 is 26.0 Å². The second kappa shape index (κ2) is 10.0. The monoisotopic (exact) mass is 493 g/mol. The van der Waals surface area contributed by atoms with Crippen LogP contribution in [-0.2, 0) is 4.74 Å². The maximum Gasteiger partial charge on any atom is 0.323 e. The number of ether oxygens (including phenoxy) is 1. The van der Waals surface area contributed by atoms with Crippen molar-refractivity contribution in [1.82, 2.24) is 9.97 Å². The smallest absolute Gasteiger partial charge is 0.323 e. The molecule has 1 saturated heterocycles. The van der Waals surface area contributed by atoms with Crippen molar-refractivity contribution in [3.63, 3.8) is 0 Å². The van der Waals surface area contributed by atoms with Crippen LogP contribution in [0.1, 0.15) is 18.8 Å². The average molecular weight is 494 g/mol.